The molecule has 3 rings (SSSR count). The monoisotopic (exact) mass is 414 g/mol. The van der Waals surface area contributed by atoms with Gasteiger partial charge in [-0.2, -0.15) is 0 Å². The van der Waals surface area contributed by atoms with Gasteiger partial charge in [0.2, 0.25) is 0 Å². The maximum atomic E-state index is 13.5. The quantitative estimate of drug-likeness (QED) is 0.713. The molecule has 6 heteroatoms. The third-order valence-electron chi connectivity index (χ3n) is 6.01. The second-order valence-corrected chi connectivity index (χ2v) is 8.16. The van der Waals surface area contributed by atoms with E-state index in [0.29, 0.717) is 31.2 Å². The number of piperidine rings is 1. The molecule has 1 aromatic carbocycles. The van der Waals surface area contributed by atoms with Crippen LogP contribution in [0.2, 0.25) is 0 Å². The largest absolute Gasteiger partial charge is 0.507 e. The molecule has 1 N–H and O–H groups in total. The van der Waals surface area contributed by atoms with Gasteiger partial charge < -0.3 is 19.1 Å². The highest BCUT2D eigenvalue weighted by atomic mass is 16.5. The summed E-state index contributed by atoms with van der Waals surface area (Å²) in [6.45, 7) is 9.36. The molecule has 0 unspecified atom stereocenters. The predicted octanol–water partition coefficient (Wildman–Crippen LogP) is 3.73. The molecule has 0 radical (unpaired) electrons. The Morgan fingerprint density at radius 3 is 2.47 bits per heavy atom. The number of ether oxygens (including phenoxy) is 2. The number of methoxy groups -OCH3 is 1. The van der Waals surface area contributed by atoms with Gasteiger partial charge in [0.25, 0.3) is 5.56 Å². The van der Waals surface area contributed by atoms with Gasteiger partial charge >= 0.3 is 0 Å². The summed E-state index contributed by atoms with van der Waals surface area (Å²) in [6, 6.07) is 9.29. The molecule has 6 nitrogen and oxygen atoms in total. The Balaban J connectivity index is 2.09. The molecular formula is C24H34N2O4. The topological polar surface area (TPSA) is 63.9 Å². The van der Waals surface area contributed by atoms with E-state index in [-0.39, 0.29) is 17.4 Å². The van der Waals surface area contributed by atoms with Crippen LogP contribution in [0.4, 0.5) is 0 Å². The lowest BCUT2D eigenvalue weighted by molar-refractivity contribution is 0.154. The van der Waals surface area contributed by atoms with E-state index in [1.807, 2.05) is 38.1 Å². The Kier molecular flexibility index (Phi) is 7.56. The average Bonchev–Trinajstić information content (AvgIpc) is 2.73. The normalized spacial score (nSPS) is 16.5. The number of hydrogen-bond donors (Lipinski definition) is 1. The molecule has 1 saturated heterocycles. The van der Waals surface area contributed by atoms with Crippen LogP contribution in [0, 0.1) is 12.8 Å². The van der Waals surface area contributed by atoms with Crippen molar-refractivity contribution in [3.8, 4) is 11.5 Å². The molecule has 2 aromatic rings. The predicted molar refractivity (Wildman–Crippen MR) is 118 cm³/mol. The molecule has 1 aromatic heterocycles. The molecule has 0 aliphatic carbocycles. The van der Waals surface area contributed by atoms with E-state index < -0.39 is 0 Å². The first-order valence-corrected chi connectivity index (χ1v) is 10.8. The fourth-order valence-electron chi connectivity index (χ4n) is 4.25. The van der Waals surface area contributed by atoms with Crippen molar-refractivity contribution in [2.45, 2.75) is 46.2 Å². The Morgan fingerprint density at radius 2 is 1.87 bits per heavy atom. The number of aromatic nitrogens is 1. The highest BCUT2D eigenvalue weighted by molar-refractivity contribution is 5.42. The first kappa shape index (κ1) is 22.4. The Morgan fingerprint density at radius 1 is 1.20 bits per heavy atom. The SMILES string of the molecule is CCOc1ccc([C@@H](c2c(O)cc(C)n(CCOC)c2=O)N2CCC(C)CC2)cc1. The van der Waals surface area contributed by atoms with Gasteiger partial charge in [-0.1, -0.05) is 19.1 Å². The van der Waals surface area contributed by atoms with Gasteiger partial charge in [-0.25, -0.2) is 0 Å². The second kappa shape index (κ2) is 10.1. The van der Waals surface area contributed by atoms with Crippen LogP contribution >= 0.6 is 0 Å². The van der Waals surface area contributed by atoms with Crippen molar-refractivity contribution in [3.63, 3.8) is 0 Å². The van der Waals surface area contributed by atoms with Crippen LogP contribution in [0.25, 0.3) is 0 Å². The number of aryl methyl sites for hydroxylation is 1. The van der Waals surface area contributed by atoms with Crippen LogP contribution in [0.3, 0.4) is 0 Å². The molecule has 1 fully saturated rings. The van der Waals surface area contributed by atoms with Crippen LogP contribution in [0.15, 0.2) is 35.1 Å². The van der Waals surface area contributed by atoms with Gasteiger partial charge in [0.15, 0.2) is 0 Å². The molecule has 1 aliphatic rings. The van der Waals surface area contributed by atoms with E-state index in [4.69, 9.17) is 9.47 Å². The Hall–Kier alpha value is -2.31. The van der Waals surface area contributed by atoms with E-state index in [0.717, 1.165) is 42.9 Å². The molecule has 1 atom stereocenters. The minimum atomic E-state index is -0.296. The maximum absolute atomic E-state index is 13.5. The second-order valence-electron chi connectivity index (χ2n) is 8.16. The van der Waals surface area contributed by atoms with Gasteiger partial charge in [-0.15, -0.1) is 0 Å². The lowest BCUT2D eigenvalue weighted by Crippen LogP contribution is -2.40. The lowest BCUT2D eigenvalue weighted by Gasteiger charge is -2.37. The van der Waals surface area contributed by atoms with E-state index in [2.05, 4.69) is 11.8 Å². The number of rotatable bonds is 8. The van der Waals surface area contributed by atoms with E-state index >= 15 is 0 Å². The smallest absolute Gasteiger partial charge is 0.259 e. The third kappa shape index (κ3) is 4.87. The summed E-state index contributed by atoms with van der Waals surface area (Å²) >= 11 is 0. The van der Waals surface area contributed by atoms with E-state index in [1.54, 1.807) is 17.7 Å². The number of nitrogens with zero attached hydrogens (tertiary/aromatic N) is 2. The van der Waals surface area contributed by atoms with Crippen LogP contribution in [-0.2, 0) is 11.3 Å². The van der Waals surface area contributed by atoms with Crippen molar-refractivity contribution in [1.82, 2.24) is 9.47 Å². The minimum absolute atomic E-state index is 0.0590. The fraction of sp³-hybridized carbons (Fsp3) is 0.542. The van der Waals surface area contributed by atoms with Gasteiger partial charge in [0, 0.05) is 19.3 Å². The molecular weight excluding hydrogens is 380 g/mol. The van der Waals surface area contributed by atoms with Crippen molar-refractivity contribution in [1.29, 1.82) is 0 Å². The van der Waals surface area contributed by atoms with Crippen LogP contribution in [-0.4, -0.2) is 48.0 Å². The summed E-state index contributed by atoms with van der Waals surface area (Å²) in [5, 5.41) is 10.9. The van der Waals surface area contributed by atoms with Crippen molar-refractivity contribution in [2.75, 3.05) is 33.4 Å². The number of benzene rings is 1. The fourth-order valence-corrected chi connectivity index (χ4v) is 4.25. The number of likely N-dealkylation sites (tertiary alicyclic amines) is 1. The summed E-state index contributed by atoms with van der Waals surface area (Å²) in [4.78, 5) is 15.8. The zero-order chi connectivity index (χ0) is 21.7. The number of pyridine rings is 1. The standard InChI is InChI=1S/C24H34N2O4/c1-5-30-20-8-6-19(7-9-20)23(25-12-10-17(2)11-13-25)22-21(27)16-18(3)26(24(22)28)14-15-29-4/h6-9,16-17,23,27H,5,10-15H2,1-4H3/t23-/m0/s1. The van der Waals surface area contributed by atoms with Crippen LogP contribution in [0.5, 0.6) is 11.5 Å². The van der Waals surface area contributed by atoms with Crippen LogP contribution in [0.1, 0.15) is 49.6 Å². The Labute approximate surface area is 179 Å². The molecule has 2 heterocycles. The highest BCUT2D eigenvalue weighted by Gasteiger charge is 2.31. The summed E-state index contributed by atoms with van der Waals surface area (Å²) in [5.41, 5.74) is 2.01. The van der Waals surface area contributed by atoms with Gasteiger partial charge in [-0.3, -0.25) is 9.69 Å². The summed E-state index contributed by atoms with van der Waals surface area (Å²) < 4.78 is 12.5. The molecule has 164 valence electrons. The summed E-state index contributed by atoms with van der Waals surface area (Å²) in [6.07, 6.45) is 2.16. The van der Waals surface area contributed by atoms with Gasteiger partial charge in [0.1, 0.15) is 11.5 Å². The molecule has 0 spiro atoms. The average molecular weight is 415 g/mol. The lowest BCUT2D eigenvalue weighted by atomic mass is 9.92. The molecule has 30 heavy (non-hydrogen) atoms. The van der Waals surface area contributed by atoms with Crippen molar-refractivity contribution >= 4 is 0 Å². The molecule has 0 bridgehead atoms. The molecule has 0 amide bonds. The van der Waals surface area contributed by atoms with E-state index in [9.17, 15) is 9.90 Å². The van der Waals surface area contributed by atoms with Crippen LogP contribution < -0.4 is 10.3 Å². The Bertz CT molecular complexity index is 883. The number of aromatic hydroxyl groups is 1. The third-order valence-corrected chi connectivity index (χ3v) is 6.01. The maximum Gasteiger partial charge on any atom is 0.259 e. The zero-order valence-corrected chi connectivity index (χ0v) is 18.6. The van der Waals surface area contributed by atoms with Gasteiger partial charge in [0.05, 0.1) is 24.8 Å². The van der Waals surface area contributed by atoms with Gasteiger partial charge in [-0.05, 0) is 69.5 Å². The molecule has 0 saturated carbocycles. The zero-order valence-electron chi connectivity index (χ0n) is 18.6. The summed E-state index contributed by atoms with van der Waals surface area (Å²) in [7, 11) is 1.62. The van der Waals surface area contributed by atoms with Crippen molar-refractivity contribution in [2.24, 2.45) is 5.92 Å². The first-order chi connectivity index (χ1) is 14.5. The summed E-state index contributed by atoms with van der Waals surface area (Å²) in [5.74, 6) is 1.54. The van der Waals surface area contributed by atoms with Crippen molar-refractivity contribution in [3.05, 3.63) is 57.5 Å². The highest BCUT2D eigenvalue weighted by Crippen LogP contribution is 2.35. The van der Waals surface area contributed by atoms with E-state index in [1.165, 1.54) is 0 Å². The van der Waals surface area contributed by atoms with Crippen molar-refractivity contribution < 1.29 is 14.6 Å². The number of hydrogen-bond acceptors (Lipinski definition) is 5. The molecule has 1 aliphatic heterocycles. The minimum Gasteiger partial charge on any atom is -0.507 e. The first-order valence-electron chi connectivity index (χ1n) is 10.8.